The smallest absolute Gasteiger partial charge is 0.255 e. The Morgan fingerprint density at radius 2 is 0.814 bits per heavy atom. The zero-order valence-corrected chi connectivity index (χ0v) is 80.3. The molecule has 145 heavy (non-hydrogen) atoms. The number of aromatic amines is 1. The summed E-state index contributed by atoms with van der Waals surface area (Å²) in [5.41, 5.74) is 24.7. The lowest BCUT2D eigenvalue weighted by atomic mass is 9.93. The molecule has 0 fully saturated rings. The lowest BCUT2D eigenvalue weighted by molar-refractivity contribution is -0.117. The van der Waals surface area contributed by atoms with Crippen LogP contribution in [0.3, 0.4) is 0 Å². The van der Waals surface area contributed by atoms with Crippen molar-refractivity contribution in [3.05, 3.63) is 404 Å². The zero-order valence-electron chi connectivity index (χ0n) is 80.3. The molecule has 0 aliphatic carbocycles. The number of hydrogen-bond donors (Lipinski definition) is 11. The minimum Gasteiger partial charge on any atom is -0.361 e. The van der Waals surface area contributed by atoms with E-state index in [1.54, 1.807) is 122 Å². The molecule has 19 rings (SSSR count). The Morgan fingerprint density at radius 3 is 1.24 bits per heavy atom. The van der Waals surface area contributed by atoms with Crippen molar-refractivity contribution in [2.24, 2.45) is 0 Å². The van der Waals surface area contributed by atoms with Gasteiger partial charge in [-0.25, -0.2) is 49.8 Å². The largest absolute Gasteiger partial charge is 0.361 e. The number of fused-ring (bicyclic) bond motifs is 3. The lowest BCUT2D eigenvalue weighted by Gasteiger charge is -2.32. The maximum Gasteiger partial charge on any atom is 0.255 e. The van der Waals surface area contributed by atoms with Crippen LogP contribution in [0.15, 0.2) is 337 Å². The Labute approximate surface area is 835 Å². The highest BCUT2D eigenvalue weighted by atomic mass is 16.2. The number of nitrogens with one attached hydrogen (secondary N) is 11. The second kappa shape index (κ2) is 46.5. The molecular weight excluding hydrogens is 1820 g/mol. The average Bonchev–Trinajstić information content (AvgIpc) is 1.78. The molecule has 7 amide bonds. The summed E-state index contributed by atoms with van der Waals surface area (Å²) in [5, 5.41) is 31.6. The van der Waals surface area contributed by atoms with Crippen molar-refractivity contribution < 1.29 is 33.6 Å². The number of carbonyl (C=O) groups is 7. The van der Waals surface area contributed by atoms with Crippen LogP contribution in [0.2, 0.25) is 0 Å². The van der Waals surface area contributed by atoms with Crippen molar-refractivity contribution >= 4 is 133 Å². The molecule has 17 aromatic rings. The van der Waals surface area contributed by atoms with Gasteiger partial charge in [-0.3, -0.25) is 53.4 Å². The molecule has 722 valence electrons. The number of amides is 7. The molecule has 9 aromatic heterocycles. The highest BCUT2D eigenvalue weighted by Crippen LogP contribution is 2.35. The minimum absolute atomic E-state index is 0.138. The number of aryl methyl sites for hydroxylation is 4. The van der Waals surface area contributed by atoms with Crippen LogP contribution in [-0.2, 0) is 33.9 Å². The predicted octanol–water partition coefficient (Wildman–Crippen LogP) is 19.3. The molecule has 0 saturated heterocycles. The van der Waals surface area contributed by atoms with Gasteiger partial charge in [0.2, 0.25) is 41.5 Å². The molecule has 0 bridgehead atoms. The fourth-order valence-corrected chi connectivity index (χ4v) is 15.8. The van der Waals surface area contributed by atoms with Crippen molar-refractivity contribution in [2.75, 3.05) is 87.0 Å². The van der Waals surface area contributed by atoms with Gasteiger partial charge in [0.05, 0.1) is 28.8 Å². The quantitative estimate of drug-likeness (QED) is 0.0213. The normalized spacial score (nSPS) is 12.1. The molecule has 1 atom stereocenters. The maximum absolute atomic E-state index is 13.2. The summed E-state index contributed by atoms with van der Waals surface area (Å²) in [7, 11) is 6.06. The van der Waals surface area contributed by atoms with Gasteiger partial charge < -0.3 is 68.0 Å². The van der Waals surface area contributed by atoms with Crippen LogP contribution in [0.1, 0.15) is 92.0 Å². The summed E-state index contributed by atoms with van der Waals surface area (Å²) in [6, 6.07) is 64.3. The third-order valence-electron chi connectivity index (χ3n) is 23.3. The van der Waals surface area contributed by atoms with Gasteiger partial charge in [-0.05, 0) is 294 Å². The summed E-state index contributed by atoms with van der Waals surface area (Å²) >= 11 is 0. The number of H-pyrrole nitrogens is 1. The first-order chi connectivity index (χ1) is 70.4. The zero-order chi connectivity index (χ0) is 101. The van der Waals surface area contributed by atoms with Gasteiger partial charge >= 0.3 is 0 Å². The molecule has 1 unspecified atom stereocenters. The van der Waals surface area contributed by atoms with Gasteiger partial charge in [-0.2, -0.15) is 0 Å². The number of pyridine rings is 3. The second-order valence-electron chi connectivity index (χ2n) is 34.1. The molecule has 2 aliphatic rings. The molecule has 8 aromatic carbocycles. The van der Waals surface area contributed by atoms with E-state index < -0.39 is 0 Å². The number of hydrogen-bond acceptors (Lipinski definition) is 26. The Hall–Kier alpha value is -19.2. The number of aromatic nitrogens is 14. The van der Waals surface area contributed by atoms with Crippen LogP contribution in [0.25, 0.3) is 55.9 Å². The molecule has 0 saturated carbocycles. The minimum atomic E-state index is -0.316. The van der Waals surface area contributed by atoms with E-state index in [9.17, 15) is 33.6 Å². The first-order valence-electron chi connectivity index (χ1n) is 46.0. The summed E-state index contributed by atoms with van der Waals surface area (Å²) in [6.07, 6.45) is 28.5. The molecule has 34 heteroatoms. The molecule has 11 heterocycles. The van der Waals surface area contributed by atoms with Gasteiger partial charge in [-0.15, -0.1) is 0 Å². The van der Waals surface area contributed by atoms with Crippen LogP contribution in [0, 0.1) is 27.7 Å². The highest BCUT2D eigenvalue weighted by molar-refractivity contribution is 6.09. The lowest BCUT2D eigenvalue weighted by Crippen LogP contribution is -2.39. The van der Waals surface area contributed by atoms with E-state index in [1.165, 1.54) is 30.1 Å². The van der Waals surface area contributed by atoms with Gasteiger partial charge in [0.25, 0.3) is 23.6 Å². The van der Waals surface area contributed by atoms with Crippen LogP contribution in [0.5, 0.6) is 0 Å². The average molecular weight is 1930 g/mol. The Balaban J connectivity index is 0.000000139. The number of nitrogens with zero attached hydrogens (tertiary/aromatic N) is 16. The molecular formula is C111H101N27O7. The Morgan fingerprint density at radius 1 is 0.414 bits per heavy atom. The van der Waals surface area contributed by atoms with E-state index in [4.69, 9.17) is 0 Å². The van der Waals surface area contributed by atoms with Crippen LogP contribution in [0.4, 0.5) is 80.7 Å². The van der Waals surface area contributed by atoms with Gasteiger partial charge in [0.1, 0.15) is 6.33 Å². The predicted molar refractivity (Wildman–Crippen MR) is 566 cm³/mol. The molecule has 34 nitrogen and oxygen atoms in total. The SMILES string of the molecule is C=CC(=O)N1CCc2cc(C(=O)Nc3ccc(C)c(Nc4nccc(-c5cccnc5)n4)c3)ccc21.C=CC(=O)NC1CN(C)Cc2cc(C(=O)Nc3ccc(C)c(Nc4nccc(-c5cccnc5)n4)c3)ccc21.C=CC(=O)Nc1ccc(C(=O)Nc2ccc(C)c(Nc3nccc(-c4cncnc4)n3)c2)cc1.Cc1ccc(NC(=O)c2ccc3c(CN(C)C)c[nH]c3c2)cc1Nc1nccc(-c2cccnc2)n1. The number of anilines is 14. The monoisotopic (exact) mass is 1920 g/mol. The van der Waals surface area contributed by atoms with Gasteiger partial charge in [0.15, 0.2) is 0 Å². The van der Waals surface area contributed by atoms with E-state index >= 15 is 0 Å². The Bertz CT molecular complexity index is 7670. The highest BCUT2D eigenvalue weighted by Gasteiger charge is 2.28. The summed E-state index contributed by atoms with van der Waals surface area (Å²) < 4.78 is 0. The summed E-state index contributed by atoms with van der Waals surface area (Å²) in [4.78, 5) is 153. The van der Waals surface area contributed by atoms with Crippen molar-refractivity contribution in [2.45, 2.75) is 53.2 Å². The van der Waals surface area contributed by atoms with Crippen molar-refractivity contribution in [3.8, 4) is 45.0 Å². The number of rotatable bonds is 27. The second-order valence-corrected chi connectivity index (χ2v) is 34.1. The standard InChI is InChI=1S/C30H29N7O2.C28H27N7O.C28H24N6O2.C25H21N7O2/c1-4-28(38)34-27-18-37(3)17-22-14-20(8-10-24(22)27)29(39)33-23-9-7-19(2)26(15-23)36-30-32-13-11-25(35-30)21-6-5-12-31-16-21;1-18-6-8-22(14-25(18)34-28-30-12-10-24(33-28)20-5-4-11-29-15-20)32-27(36)19-7-9-23-21(17-35(2)3)16-31-26(23)13-19;1-3-26(35)34-14-11-19-15-20(7-9-25(19)34)27(36)31-22-8-6-18(2)24(16-22)33-28-30-13-10-23(32-28)21-5-4-12-29-17-21;1-3-23(33)29-19-8-5-17(6-9-19)24(34)30-20-7-4-16(2)22(12-20)32-25-28-11-10-21(31-25)18-13-26-15-27-14-18/h4-16,27H,1,17-18H2,2-3H3,(H,33,39)(H,34,38)(H,32,35,36);4-16,31H,17H2,1-3H3,(H,32,36)(H,30,33,34);3-10,12-13,15-17H,1,11,14H2,2H3,(H,31,36)(H,30,32,33);3-15H,1H2,2H3,(H,29,33)(H,30,34)(H,28,31,32). The maximum atomic E-state index is 13.2. The number of carbonyl (C=O) groups excluding carboxylic acids is 7. The summed E-state index contributed by atoms with van der Waals surface area (Å²) in [5.74, 6) is 0.186. The molecule has 11 N–H and O–H groups in total. The number of benzene rings is 8. The first kappa shape index (κ1) is 98.8. The van der Waals surface area contributed by atoms with Crippen molar-refractivity contribution in [3.63, 3.8) is 0 Å². The van der Waals surface area contributed by atoms with E-state index in [0.717, 1.165) is 124 Å². The van der Waals surface area contributed by atoms with Crippen LogP contribution >= 0.6 is 0 Å². The van der Waals surface area contributed by atoms with Crippen LogP contribution < -0.4 is 58.1 Å². The third kappa shape index (κ3) is 25.8. The first-order valence-corrected chi connectivity index (χ1v) is 46.0. The fraction of sp³-hybridized carbons (Fsp3) is 0.117. The molecule has 0 radical (unpaired) electrons. The van der Waals surface area contributed by atoms with Crippen molar-refractivity contribution in [1.29, 1.82) is 0 Å². The Kier molecular flexibility index (Phi) is 31.7. The third-order valence-corrected chi connectivity index (χ3v) is 23.3. The topological polar surface area (TPSA) is 433 Å². The van der Waals surface area contributed by atoms with E-state index in [2.05, 4.69) is 152 Å². The van der Waals surface area contributed by atoms with Crippen LogP contribution in [-0.4, -0.2) is 155 Å². The van der Waals surface area contributed by atoms with Crippen molar-refractivity contribution in [1.82, 2.24) is 84.9 Å². The molecule has 2 aliphatic heterocycles. The van der Waals surface area contributed by atoms with Gasteiger partial charge in [-0.1, -0.05) is 56.1 Å². The number of likely N-dealkylation sites (N-methyl/N-ethyl adjacent to an activating group) is 1. The fourth-order valence-electron chi connectivity index (χ4n) is 15.8. The van der Waals surface area contributed by atoms with E-state index in [-0.39, 0.29) is 47.4 Å². The molecule has 0 spiro atoms. The van der Waals surface area contributed by atoms with E-state index in [0.29, 0.717) is 106 Å². The van der Waals surface area contributed by atoms with Gasteiger partial charge in [0, 0.05) is 219 Å². The summed E-state index contributed by atoms with van der Waals surface area (Å²) in [6.45, 7) is 21.2. The van der Waals surface area contributed by atoms with E-state index in [1.807, 2.05) is 225 Å².